The van der Waals surface area contributed by atoms with Crippen molar-refractivity contribution in [2.24, 2.45) is 0 Å². The van der Waals surface area contributed by atoms with Crippen molar-refractivity contribution in [2.45, 2.75) is 52.2 Å². The topological polar surface area (TPSA) is 52.6 Å². The van der Waals surface area contributed by atoms with Crippen molar-refractivity contribution in [3.05, 3.63) is 35.9 Å². The highest BCUT2D eigenvalue weighted by atomic mass is 16.6. The summed E-state index contributed by atoms with van der Waals surface area (Å²) < 4.78 is 11.0. The molecule has 0 bridgehead atoms. The molecule has 4 nitrogen and oxygen atoms in total. The summed E-state index contributed by atoms with van der Waals surface area (Å²) in [5.41, 5.74) is -1.40. The molecule has 0 radical (unpaired) electrons. The number of Topliss-reactive ketones (excluding diaryl/α,β-unsaturated/α-hetero) is 1. The summed E-state index contributed by atoms with van der Waals surface area (Å²) in [6.07, 6.45) is 0.166. The zero-order valence-electron chi connectivity index (χ0n) is 13.4. The van der Waals surface area contributed by atoms with Gasteiger partial charge in [-0.05, 0) is 40.2 Å². The van der Waals surface area contributed by atoms with Crippen LogP contribution in [0.5, 0.6) is 0 Å². The normalized spacial score (nSPS) is 14.3. The van der Waals surface area contributed by atoms with Crippen LogP contribution in [0.25, 0.3) is 0 Å². The Balaban J connectivity index is 3.23. The lowest BCUT2D eigenvalue weighted by molar-refractivity contribution is -0.192. The largest absolute Gasteiger partial charge is 0.463 e. The summed E-state index contributed by atoms with van der Waals surface area (Å²) >= 11 is 0. The van der Waals surface area contributed by atoms with Gasteiger partial charge in [0.05, 0.1) is 12.2 Å². The van der Waals surface area contributed by atoms with Gasteiger partial charge in [0, 0.05) is 6.42 Å². The number of benzene rings is 1. The standard InChI is InChI=1S/C17H24O4/c1-6-20-15(19)17(13(2)18,21-16(3,4)5)12-14-10-8-7-9-11-14/h7-11H,6,12H2,1-5H3. The zero-order valence-corrected chi connectivity index (χ0v) is 13.4. The van der Waals surface area contributed by atoms with E-state index in [0.29, 0.717) is 0 Å². The molecule has 0 aromatic heterocycles. The van der Waals surface area contributed by atoms with E-state index in [4.69, 9.17) is 9.47 Å². The molecule has 4 heteroatoms. The van der Waals surface area contributed by atoms with Crippen molar-refractivity contribution in [3.63, 3.8) is 0 Å². The van der Waals surface area contributed by atoms with E-state index in [-0.39, 0.29) is 18.8 Å². The van der Waals surface area contributed by atoms with Gasteiger partial charge in [0.2, 0.25) is 5.60 Å². The summed E-state index contributed by atoms with van der Waals surface area (Å²) in [6, 6.07) is 9.34. The summed E-state index contributed by atoms with van der Waals surface area (Å²) in [5, 5.41) is 0. The lowest BCUT2D eigenvalue weighted by Crippen LogP contribution is -2.54. The smallest absolute Gasteiger partial charge is 0.346 e. The monoisotopic (exact) mass is 292 g/mol. The summed E-state index contributed by atoms with van der Waals surface area (Å²) in [4.78, 5) is 24.7. The Morgan fingerprint density at radius 3 is 2.10 bits per heavy atom. The molecule has 0 spiro atoms. The molecular formula is C17H24O4. The predicted octanol–water partition coefficient (Wildman–Crippen LogP) is 2.94. The number of carbonyl (C=O) groups excluding carboxylic acids is 2. The molecule has 1 unspecified atom stereocenters. The average Bonchev–Trinajstić information content (AvgIpc) is 2.37. The molecule has 116 valence electrons. The fourth-order valence-electron chi connectivity index (χ4n) is 2.14. The van der Waals surface area contributed by atoms with Gasteiger partial charge in [0.25, 0.3) is 0 Å². The van der Waals surface area contributed by atoms with Gasteiger partial charge < -0.3 is 9.47 Å². The van der Waals surface area contributed by atoms with Crippen LogP contribution in [0.2, 0.25) is 0 Å². The van der Waals surface area contributed by atoms with E-state index in [9.17, 15) is 9.59 Å². The second-order valence-corrected chi connectivity index (χ2v) is 5.98. The van der Waals surface area contributed by atoms with Crippen molar-refractivity contribution in [3.8, 4) is 0 Å². The average molecular weight is 292 g/mol. The molecule has 0 heterocycles. The van der Waals surface area contributed by atoms with Crippen LogP contribution in [0.1, 0.15) is 40.2 Å². The van der Waals surface area contributed by atoms with Gasteiger partial charge in [-0.1, -0.05) is 30.3 Å². The van der Waals surface area contributed by atoms with Gasteiger partial charge in [0.1, 0.15) is 0 Å². The number of ether oxygens (including phenoxy) is 2. The van der Waals surface area contributed by atoms with Crippen LogP contribution in [0.4, 0.5) is 0 Å². The maximum absolute atomic E-state index is 12.4. The predicted molar refractivity (Wildman–Crippen MR) is 81.0 cm³/mol. The van der Waals surface area contributed by atoms with Gasteiger partial charge in [-0.3, -0.25) is 4.79 Å². The molecular weight excluding hydrogens is 268 g/mol. The maximum Gasteiger partial charge on any atom is 0.346 e. The van der Waals surface area contributed by atoms with Crippen LogP contribution in [0.3, 0.4) is 0 Å². The van der Waals surface area contributed by atoms with Crippen LogP contribution in [0.15, 0.2) is 30.3 Å². The van der Waals surface area contributed by atoms with Crippen LogP contribution < -0.4 is 0 Å². The van der Waals surface area contributed by atoms with Gasteiger partial charge in [-0.2, -0.15) is 0 Å². The van der Waals surface area contributed by atoms with E-state index < -0.39 is 17.2 Å². The number of carbonyl (C=O) groups is 2. The number of ketones is 1. The number of esters is 1. The molecule has 0 saturated carbocycles. The first-order valence-electron chi connectivity index (χ1n) is 7.13. The van der Waals surface area contributed by atoms with Crippen LogP contribution in [-0.2, 0) is 25.5 Å². The van der Waals surface area contributed by atoms with E-state index in [0.717, 1.165) is 5.56 Å². The Labute approximate surface area is 126 Å². The van der Waals surface area contributed by atoms with Crippen molar-refractivity contribution in [1.29, 1.82) is 0 Å². The third-order valence-corrected chi connectivity index (χ3v) is 2.95. The lowest BCUT2D eigenvalue weighted by atomic mass is 9.89. The van der Waals surface area contributed by atoms with Gasteiger partial charge in [-0.15, -0.1) is 0 Å². The summed E-state index contributed by atoms with van der Waals surface area (Å²) in [7, 11) is 0. The van der Waals surface area contributed by atoms with E-state index in [1.54, 1.807) is 6.92 Å². The van der Waals surface area contributed by atoms with E-state index in [1.807, 2.05) is 51.1 Å². The molecule has 0 fully saturated rings. The minimum atomic E-state index is -1.60. The van der Waals surface area contributed by atoms with Crippen LogP contribution >= 0.6 is 0 Å². The number of hydrogen-bond acceptors (Lipinski definition) is 4. The number of rotatable bonds is 6. The molecule has 1 aromatic rings. The Kier molecular flexibility index (Phi) is 5.67. The molecule has 0 aliphatic heterocycles. The Morgan fingerprint density at radius 2 is 1.67 bits per heavy atom. The van der Waals surface area contributed by atoms with Crippen LogP contribution in [0, 0.1) is 0 Å². The lowest BCUT2D eigenvalue weighted by Gasteiger charge is -2.35. The Hall–Kier alpha value is -1.68. The SMILES string of the molecule is CCOC(=O)C(Cc1ccccc1)(OC(C)(C)C)C(C)=O. The Bertz CT molecular complexity index is 487. The molecule has 0 amide bonds. The van der Waals surface area contributed by atoms with Gasteiger partial charge in [0.15, 0.2) is 5.78 Å². The van der Waals surface area contributed by atoms with Gasteiger partial charge in [-0.25, -0.2) is 4.79 Å². The molecule has 0 saturated heterocycles. The van der Waals surface area contributed by atoms with Gasteiger partial charge >= 0.3 is 5.97 Å². The summed E-state index contributed by atoms with van der Waals surface area (Å²) in [6.45, 7) is 8.73. The van der Waals surface area contributed by atoms with Crippen molar-refractivity contribution in [1.82, 2.24) is 0 Å². The molecule has 1 aromatic carbocycles. The minimum Gasteiger partial charge on any atom is -0.463 e. The molecule has 1 rings (SSSR count). The first kappa shape index (κ1) is 17.4. The second kappa shape index (κ2) is 6.85. The summed E-state index contributed by atoms with van der Waals surface area (Å²) in [5.74, 6) is -0.976. The molecule has 1 atom stereocenters. The van der Waals surface area contributed by atoms with Crippen LogP contribution in [-0.4, -0.2) is 29.6 Å². The first-order valence-corrected chi connectivity index (χ1v) is 7.13. The van der Waals surface area contributed by atoms with Crippen molar-refractivity contribution < 1.29 is 19.1 Å². The highest BCUT2D eigenvalue weighted by Crippen LogP contribution is 2.27. The van der Waals surface area contributed by atoms with Crippen molar-refractivity contribution in [2.75, 3.05) is 6.61 Å². The third-order valence-electron chi connectivity index (χ3n) is 2.95. The van der Waals surface area contributed by atoms with E-state index in [2.05, 4.69) is 0 Å². The molecule has 0 aliphatic rings. The van der Waals surface area contributed by atoms with E-state index in [1.165, 1.54) is 6.92 Å². The van der Waals surface area contributed by atoms with E-state index >= 15 is 0 Å². The number of hydrogen-bond donors (Lipinski definition) is 0. The second-order valence-electron chi connectivity index (χ2n) is 5.98. The Morgan fingerprint density at radius 1 is 1.10 bits per heavy atom. The quantitative estimate of drug-likeness (QED) is 0.597. The molecule has 0 N–H and O–H groups in total. The highest BCUT2D eigenvalue weighted by molar-refractivity contribution is 6.06. The minimum absolute atomic E-state index is 0.166. The fourth-order valence-corrected chi connectivity index (χ4v) is 2.14. The zero-order chi connectivity index (χ0) is 16.1. The highest BCUT2D eigenvalue weighted by Gasteiger charge is 2.48. The van der Waals surface area contributed by atoms with Crippen molar-refractivity contribution >= 4 is 11.8 Å². The fraction of sp³-hybridized carbons (Fsp3) is 0.529. The maximum atomic E-state index is 12.4. The third kappa shape index (κ3) is 4.67. The molecule has 0 aliphatic carbocycles. The molecule has 21 heavy (non-hydrogen) atoms. The first-order chi connectivity index (χ1) is 9.71.